The van der Waals surface area contributed by atoms with Gasteiger partial charge < -0.3 is 14.6 Å². The summed E-state index contributed by atoms with van der Waals surface area (Å²) in [4.78, 5) is 0. The Morgan fingerprint density at radius 2 is 1.67 bits per heavy atom. The minimum atomic E-state index is -0.805. The minimum Gasteiger partial charge on any atom is -0.493 e. The second-order valence-electron chi connectivity index (χ2n) is 4.55. The molecule has 0 spiro atoms. The molecule has 4 heteroatoms. The second kappa shape index (κ2) is 6.66. The average molecular weight is 305 g/mol. The van der Waals surface area contributed by atoms with E-state index in [1.807, 2.05) is 6.07 Å². The minimum absolute atomic E-state index is 0.582. The van der Waals surface area contributed by atoms with Gasteiger partial charge in [-0.2, -0.15) is 0 Å². The van der Waals surface area contributed by atoms with Crippen LogP contribution >= 0.6 is 11.6 Å². The Morgan fingerprint density at radius 1 is 1.05 bits per heavy atom. The van der Waals surface area contributed by atoms with Gasteiger partial charge >= 0.3 is 0 Å². The molecule has 0 amide bonds. The Balaban J connectivity index is 2.29. The lowest BCUT2D eigenvalue weighted by Crippen LogP contribution is -2.01. The van der Waals surface area contributed by atoms with Gasteiger partial charge in [0.2, 0.25) is 0 Å². The lowest BCUT2D eigenvalue weighted by atomic mass is 9.96. The predicted molar refractivity (Wildman–Crippen MR) is 85.0 cm³/mol. The molecule has 1 atom stereocenters. The Morgan fingerprint density at radius 3 is 2.24 bits per heavy atom. The molecule has 0 saturated carbocycles. The molecule has 0 bridgehead atoms. The first-order valence-corrected chi connectivity index (χ1v) is 6.79. The normalized spacial score (nSPS) is 11.8. The highest BCUT2D eigenvalue weighted by Gasteiger charge is 2.15. The number of rotatable bonds is 5. The van der Waals surface area contributed by atoms with E-state index in [0.29, 0.717) is 22.1 Å². The van der Waals surface area contributed by atoms with Gasteiger partial charge in [-0.3, -0.25) is 0 Å². The van der Waals surface area contributed by atoms with Crippen LogP contribution in [-0.2, 0) is 0 Å². The van der Waals surface area contributed by atoms with E-state index in [9.17, 15) is 5.11 Å². The first kappa shape index (κ1) is 15.4. The molecule has 0 fully saturated rings. The zero-order valence-electron chi connectivity index (χ0n) is 12.0. The second-order valence-corrected chi connectivity index (χ2v) is 4.99. The van der Waals surface area contributed by atoms with Gasteiger partial charge in [-0.05, 0) is 41.0 Å². The van der Waals surface area contributed by atoms with E-state index in [4.69, 9.17) is 21.1 Å². The highest BCUT2D eigenvalue weighted by molar-refractivity contribution is 6.30. The van der Waals surface area contributed by atoms with Gasteiger partial charge in [0, 0.05) is 5.02 Å². The quantitative estimate of drug-likeness (QED) is 0.903. The fourth-order valence-corrected chi connectivity index (χ4v) is 2.17. The summed E-state index contributed by atoms with van der Waals surface area (Å²) in [7, 11) is 3.15. The molecule has 2 aromatic rings. The Hall–Kier alpha value is -1.97. The van der Waals surface area contributed by atoms with Crippen molar-refractivity contribution in [1.29, 1.82) is 0 Å². The van der Waals surface area contributed by atoms with Gasteiger partial charge in [-0.1, -0.05) is 36.4 Å². The van der Waals surface area contributed by atoms with Crippen molar-refractivity contribution in [3.05, 3.63) is 65.2 Å². The molecule has 2 rings (SSSR count). The number of hydrogen-bond donors (Lipinski definition) is 1. The fourth-order valence-electron chi connectivity index (χ4n) is 2.04. The molecule has 0 saturated heterocycles. The maximum Gasteiger partial charge on any atom is 0.161 e. The highest BCUT2D eigenvalue weighted by Crippen LogP contribution is 2.34. The van der Waals surface area contributed by atoms with E-state index in [2.05, 4.69) is 6.58 Å². The van der Waals surface area contributed by atoms with Crippen LogP contribution in [0.25, 0.3) is 5.57 Å². The molecule has 0 aliphatic heterocycles. The van der Waals surface area contributed by atoms with Crippen molar-refractivity contribution in [3.63, 3.8) is 0 Å². The maximum atomic E-state index is 10.4. The number of halogens is 1. The first-order chi connectivity index (χ1) is 10.1. The monoisotopic (exact) mass is 304 g/mol. The third-order valence-corrected chi connectivity index (χ3v) is 3.52. The van der Waals surface area contributed by atoms with E-state index in [1.165, 1.54) is 0 Å². The summed E-state index contributed by atoms with van der Waals surface area (Å²) in [5.74, 6) is 1.23. The summed E-state index contributed by atoms with van der Waals surface area (Å²) in [6, 6.07) is 12.4. The molecule has 21 heavy (non-hydrogen) atoms. The first-order valence-electron chi connectivity index (χ1n) is 6.41. The van der Waals surface area contributed by atoms with E-state index in [1.54, 1.807) is 50.6 Å². The average Bonchev–Trinajstić information content (AvgIpc) is 2.53. The van der Waals surface area contributed by atoms with E-state index in [0.717, 1.165) is 11.1 Å². The molecule has 1 N–H and O–H groups in total. The number of aliphatic hydroxyl groups is 1. The summed E-state index contributed by atoms with van der Waals surface area (Å²) in [5.41, 5.74) is 2.10. The molecule has 0 aliphatic carbocycles. The van der Waals surface area contributed by atoms with Crippen LogP contribution < -0.4 is 9.47 Å². The molecule has 1 unspecified atom stereocenters. The van der Waals surface area contributed by atoms with Crippen molar-refractivity contribution in [2.24, 2.45) is 0 Å². The van der Waals surface area contributed by atoms with Crippen molar-refractivity contribution < 1.29 is 14.6 Å². The number of hydrogen-bond acceptors (Lipinski definition) is 3. The van der Waals surface area contributed by atoms with Gasteiger partial charge in [0.15, 0.2) is 11.5 Å². The van der Waals surface area contributed by atoms with Crippen molar-refractivity contribution in [2.45, 2.75) is 6.10 Å². The molecule has 110 valence electrons. The van der Waals surface area contributed by atoms with E-state index < -0.39 is 6.10 Å². The highest BCUT2D eigenvalue weighted by atomic mass is 35.5. The predicted octanol–water partition coefficient (Wildman–Crippen LogP) is 4.10. The number of methoxy groups -OCH3 is 2. The zero-order chi connectivity index (χ0) is 15.4. The summed E-state index contributed by atoms with van der Waals surface area (Å²) < 4.78 is 10.5. The van der Waals surface area contributed by atoms with Crippen LogP contribution in [0.2, 0.25) is 5.02 Å². The summed E-state index contributed by atoms with van der Waals surface area (Å²) in [6.45, 7) is 3.98. The molecular weight excluding hydrogens is 288 g/mol. The summed E-state index contributed by atoms with van der Waals surface area (Å²) >= 11 is 5.85. The van der Waals surface area contributed by atoms with Crippen LogP contribution in [0.5, 0.6) is 11.5 Å². The van der Waals surface area contributed by atoms with Crippen LogP contribution in [0, 0.1) is 0 Å². The lowest BCUT2D eigenvalue weighted by Gasteiger charge is -2.16. The smallest absolute Gasteiger partial charge is 0.161 e. The van der Waals surface area contributed by atoms with Gasteiger partial charge in [-0.25, -0.2) is 0 Å². The Labute approximate surface area is 129 Å². The van der Waals surface area contributed by atoms with Gasteiger partial charge in [-0.15, -0.1) is 0 Å². The molecular formula is C17H17ClO3. The third-order valence-electron chi connectivity index (χ3n) is 3.27. The maximum absolute atomic E-state index is 10.4. The van der Waals surface area contributed by atoms with Crippen molar-refractivity contribution in [3.8, 4) is 11.5 Å². The molecule has 0 radical (unpaired) electrons. The molecule has 0 aliphatic rings. The molecule has 0 aromatic heterocycles. The van der Waals surface area contributed by atoms with Crippen LogP contribution in [0.1, 0.15) is 17.2 Å². The lowest BCUT2D eigenvalue weighted by molar-refractivity contribution is 0.238. The van der Waals surface area contributed by atoms with Crippen LogP contribution in [0.4, 0.5) is 0 Å². The number of ether oxygens (including phenoxy) is 2. The SMILES string of the molecule is C=C(c1ccc(OC)c(OC)c1)C(O)c1ccc(Cl)cc1. The molecule has 0 heterocycles. The van der Waals surface area contributed by atoms with Gasteiger partial charge in [0.05, 0.1) is 14.2 Å². The van der Waals surface area contributed by atoms with Crippen LogP contribution in [0.15, 0.2) is 49.0 Å². The number of benzene rings is 2. The van der Waals surface area contributed by atoms with Crippen molar-refractivity contribution in [2.75, 3.05) is 14.2 Å². The number of aliphatic hydroxyl groups excluding tert-OH is 1. The molecule has 2 aromatic carbocycles. The largest absolute Gasteiger partial charge is 0.493 e. The van der Waals surface area contributed by atoms with Gasteiger partial charge in [0.25, 0.3) is 0 Å². The van der Waals surface area contributed by atoms with Gasteiger partial charge in [0.1, 0.15) is 6.10 Å². The van der Waals surface area contributed by atoms with E-state index >= 15 is 0 Å². The molecule has 3 nitrogen and oxygen atoms in total. The van der Waals surface area contributed by atoms with E-state index in [-0.39, 0.29) is 0 Å². The summed E-state index contributed by atoms with van der Waals surface area (Å²) in [5, 5.41) is 11.0. The fraction of sp³-hybridized carbons (Fsp3) is 0.176. The Kier molecular flexibility index (Phi) is 4.89. The van der Waals surface area contributed by atoms with Crippen LogP contribution in [0.3, 0.4) is 0 Å². The zero-order valence-corrected chi connectivity index (χ0v) is 12.7. The Bertz CT molecular complexity index is 635. The standard InChI is InChI=1S/C17H17ClO3/c1-11(17(19)12-4-7-14(18)8-5-12)13-6-9-15(20-2)16(10-13)21-3/h4-10,17,19H,1H2,2-3H3. The van der Waals surface area contributed by atoms with Crippen molar-refractivity contribution >= 4 is 17.2 Å². The summed E-state index contributed by atoms with van der Waals surface area (Å²) in [6.07, 6.45) is -0.805. The van der Waals surface area contributed by atoms with Crippen LogP contribution in [-0.4, -0.2) is 19.3 Å². The topological polar surface area (TPSA) is 38.7 Å². The third kappa shape index (κ3) is 3.38. The van der Waals surface area contributed by atoms with Crippen molar-refractivity contribution in [1.82, 2.24) is 0 Å².